The Balaban J connectivity index is 2.96. The fourth-order valence-electron chi connectivity index (χ4n) is 0.875. The Morgan fingerprint density at radius 2 is 2.42 bits per heavy atom. The third-order valence-corrected chi connectivity index (χ3v) is 1.97. The van der Waals surface area contributed by atoms with Crippen LogP contribution in [0.5, 0.6) is 0 Å². The van der Waals surface area contributed by atoms with E-state index in [9.17, 15) is 4.79 Å². The van der Waals surface area contributed by atoms with Crippen LogP contribution in [-0.4, -0.2) is 15.6 Å². The van der Waals surface area contributed by atoms with Gasteiger partial charge in [-0.15, -0.1) is 0 Å². The van der Waals surface area contributed by atoms with Crippen molar-refractivity contribution >= 4 is 17.6 Å². The maximum Gasteiger partial charge on any atom is 0.325 e. The molecule has 1 aromatic heterocycles. The van der Waals surface area contributed by atoms with Crippen molar-refractivity contribution in [1.82, 2.24) is 4.57 Å². The molecular weight excluding hydrogens is 180 g/mol. The fraction of sp³-hybridized carbons (Fsp3) is 0.286. The zero-order chi connectivity index (χ0) is 9.30. The van der Waals surface area contributed by atoms with E-state index < -0.39 is 12.0 Å². The monoisotopic (exact) mass is 188 g/mol. The molecule has 0 aliphatic heterocycles. The number of nitrogens with zero attached hydrogens (tertiary/aromatic N) is 1. The molecule has 5 heteroatoms. The summed E-state index contributed by atoms with van der Waals surface area (Å²) in [4.78, 5) is 10.4. The van der Waals surface area contributed by atoms with Crippen LogP contribution < -0.4 is 5.73 Å². The first-order chi connectivity index (χ1) is 5.52. The molecule has 0 aliphatic carbocycles. The number of hydrogen-bond donors (Lipinski definition) is 2. The Labute approximate surface area is 74.5 Å². The third kappa shape index (κ3) is 1.60. The molecule has 1 heterocycles. The van der Waals surface area contributed by atoms with Crippen LogP contribution >= 0.6 is 11.6 Å². The molecule has 1 unspecified atom stereocenters. The molecule has 0 amide bonds. The van der Waals surface area contributed by atoms with Crippen LogP contribution in [0.15, 0.2) is 12.3 Å². The van der Waals surface area contributed by atoms with Gasteiger partial charge in [-0.3, -0.25) is 4.79 Å². The summed E-state index contributed by atoms with van der Waals surface area (Å²) in [6, 6.07) is 0.545. The normalized spacial score (nSPS) is 12.9. The van der Waals surface area contributed by atoms with E-state index in [2.05, 4.69) is 0 Å². The van der Waals surface area contributed by atoms with E-state index in [1.54, 1.807) is 23.9 Å². The topological polar surface area (TPSA) is 68.2 Å². The average Bonchev–Trinajstić information content (AvgIpc) is 2.30. The quantitative estimate of drug-likeness (QED) is 0.720. The van der Waals surface area contributed by atoms with Gasteiger partial charge in [-0.2, -0.15) is 0 Å². The molecule has 0 aliphatic rings. The molecule has 12 heavy (non-hydrogen) atoms. The molecule has 1 atom stereocenters. The minimum atomic E-state index is -1.06. The number of halogens is 1. The highest BCUT2D eigenvalue weighted by atomic mass is 35.5. The number of aliphatic carboxylic acids is 1. The molecule has 0 bridgehead atoms. The Morgan fingerprint density at radius 1 is 1.83 bits per heavy atom. The standard InChI is InChI=1S/C7H9ClN2O2/c1-10-3-4(2-5(10)8)6(9)7(11)12/h2-3,6H,9H2,1H3,(H,11,12). The van der Waals surface area contributed by atoms with Crippen LogP contribution in [-0.2, 0) is 11.8 Å². The number of carboxylic acid groups (broad SMARTS) is 1. The number of hydrogen-bond acceptors (Lipinski definition) is 2. The van der Waals surface area contributed by atoms with Gasteiger partial charge in [0.2, 0.25) is 0 Å². The second kappa shape index (κ2) is 3.16. The minimum absolute atomic E-state index is 0.474. The summed E-state index contributed by atoms with van der Waals surface area (Å²) >= 11 is 5.69. The first-order valence-corrected chi connectivity index (χ1v) is 3.70. The van der Waals surface area contributed by atoms with Crippen molar-refractivity contribution in [2.75, 3.05) is 0 Å². The first kappa shape index (κ1) is 9.09. The zero-order valence-electron chi connectivity index (χ0n) is 6.49. The van der Waals surface area contributed by atoms with Crippen molar-refractivity contribution in [3.63, 3.8) is 0 Å². The Morgan fingerprint density at radius 3 is 2.75 bits per heavy atom. The SMILES string of the molecule is Cn1cc(C(N)C(=O)O)cc1Cl. The number of nitrogens with two attached hydrogens (primary N) is 1. The van der Waals surface area contributed by atoms with Crippen LogP contribution in [0.4, 0.5) is 0 Å². The van der Waals surface area contributed by atoms with Gasteiger partial charge < -0.3 is 15.4 Å². The summed E-state index contributed by atoms with van der Waals surface area (Å²) in [5.74, 6) is -1.06. The lowest BCUT2D eigenvalue weighted by Crippen LogP contribution is -2.19. The van der Waals surface area contributed by atoms with Crippen LogP contribution in [0.3, 0.4) is 0 Å². The van der Waals surface area contributed by atoms with Crippen molar-refractivity contribution in [3.8, 4) is 0 Å². The molecule has 1 aromatic rings. The summed E-state index contributed by atoms with van der Waals surface area (Å²) in [5, 5.41) is 9.03. The summed E-state index contributed by atoms with van der Waals surface area (Å²) in [6.07, 6.45) is 1.60. The van der Waals surface area contributed by atoms with E-state index in [1.165, 1.54) is 0 Å². The van der Waals surface area contributed by atoms with Crippen LogP contribution in [0.2, 0.25) is 5.15 Å². The minimum Gasteiger partial charge on any atom is -0.480 e. The molecule has 0 saturated carbocycles. The largest absolute Gasteiger partial charge is 0.480 e. The predicted octanol–water partition coefficient (Wildman–Crippen LogP) is 0.763. The number of rotatable bonds is 2. The van der Waals surface area contributed by atoms with Gasteiger partial charge in [0.1, 0.15) is 11.2 Å². The van der Waals surface area contributed by atoms with E-state index in [0.717, 1.165) is 0 Å². The molecule has 0 saturated heterocycles. The average molecular weight is 189 g/mol. The number of aryl methyl sites for hydroxylation is 1. The van der Waals surface area contributed by atoms with Crippen LogP contribution in [0, 0.1) is 0 Å². The van der Waals surface area contributed by atoms with E-state index in [4.69, 9.17) is 22.4 Å². The van der Waals surface area contributed by atoms with Crippen molar-refractivity contribution in [2.45, 2.75) is 6.04 Å². The molecule has 3 N–H and O–H groups in total. The predicted molar refractivity (Wildman–Crippen MR) is 45.0 cm³/mol. The molecule has 0 radical (unpaired) electrons. The van der Waals surface area contributed by atoms with Crippen molar-refractivity contribution in [2.24, 2.45) is 12.8 Å². The summed E-state index contributed by atoms with van der Waals surface area (Å²) in [6.45, 7) is 0. The Bertz CT molecular complexity index is 289. The highest BCUT2D eigenvalue weighted by molar-refractivity contribution is 6.29. The van der Waals surface area contributed by atoms with Crippen molar-refractivity contribution in [3.05, 3.63) is 23.0 Å². The second-order valence-electron chi connectivity index (χ2n) is 2.52. The van der Waals surface area contributed by atoms with Gasteiger partial charge in [0.25, 0.3) is 0 Å². The van der Waals surface area contributed by atoms with Gasteiger partial charge in [0, 0.05) is 13.2 Å². The summed E-state index contributed by atoms with van der Waals surface area (Å²) < 4.78 is 1.61. The molecule has 0 aromatic carbocycles. The lowest BCUT2D eigenvalue weighted by atomic mass is 10.2. The Kier molecular flexibility index (Phi) is 2.40. The molecule has 0 fully saturated rings. The van der Waals surface area contributed by atoms with Crippen molar-refractivity contribution in [1.29, 1.82) is 0 Å². The fourth-order valence-corrected chi connectivity index (χ4v) is 1.05. The molecule has 0 spiro atoms. The molecule has 66 valence electrons. The maximum absolute atomic E-state index is 10.4. The van der Waals surface area contributed by atoms with Gasteiger partial charge in [0.15, 0.2) is 0 Å². The Hall–Kier alpha value is -1.00. The molecular formula is C7H9ClN2O2. The summed E-state index contributed by atoms with van der Waals surface area (Å²) in [5.41, 5.74) is 5.86. The van der Waals surface area contributed by atoms with Crippen LogP contribution in [0.25, 0.3) is 0 Å². The van der Waals surface area contributed by atoms with E-state index in [-0.39, 0.29) is 0 Å². The lowest BCUT2D eigenvalue weighted by molar-refractivity contribution is -0.138. The number of carboxylic acids is 1. The van der Waals surface area contributed by atoms with E-state index in [1.807, 2.05) is 0 Å². The van der Waals surface area contributed by atoms with Gasteiger partial charge in [-0.25, -0.2) is 0 Å². The molecule has 4 nitrogen and oxygen atoms in total. The number of carbonyl (C=O) groups is 1. The van der Waals surface area contributed by atoms with E-state index >= 15 is 0 Å². The summed E-state index contributed by atoms with van der Waals surface area (Å²) in [7, 11) is 1.72. The highest BCUT2D eigenvalue weighted by Gasteiger charge is 2.16. The van der Waals surface area contributed by atoms with Crippen LogP contribution in [0.1, 0.15) is 11.6 Å². The highest BCUT2D eigenvalue weighted by Crippen LogP contribution is 2.17. The first-order valence-electron chi connectivity index (χ1n) is 3.32. The third-order valence-electron chi connectivity index (χ3n) is 1.59. The second-order valence-corrected chi connectivity index (χ2v) is 2.91. The van der Waals surface area contributed by atoms with Gasteiger partial charge in [0.05, 0.1) is 0 Å². The lowest BCUT2D eigenvalue weighted by Gasteiger charge is -2.01. The van der Waals surface area contributed by atoms with Crippen molar-refractivity contribution < 1.29 is 9.90 Å². The molecule has 1 rings (SSSR count). The van der Waals surface area contributed by atoms with E-state index in [0.29, 0.717) is 10.7 Å². The zero-order valence-corrected chi connectivity index (χ0v) is 7.25. The van der Waals surface area contributed by atoms with Gasteiger partial charge in [-0.05, 0) is 11.6 Å². The maximum atomic E-state index is 10.4. The van der Waals surface area contributed by atoms with Gasteiger partial charge >= 0.3 is 5.97 Å². The number of aromatic nitrogens is 1. The van der Waals surface area contributed by atoms with Gasteiger partial charge in [-0.1, -0.05) is 11.6 Å². The smallest absolute Gasteiger partial charge is 0.325 e.